The maximum absolute atomic E-state index is 12.8. The number of rotatable bonds is 5. The van der Waals surface area contributed by atoms with Crippen molar-refractivity contribution in [3.8, 4) is 0 Å². The molecule has 3 rings (SSSR count). The van der Waals surface area contributed by atoms with Gasteiger partial charge < -0.3 is 14.0 Å². The van der Waals surface area contributed by atoms with Gasteiger partial charge >= 0.3 is 5.97 Å². The monoisotopic (exact) mass is 325 g/mol. The quantitative estimate of drug-likeness (QED) is 0.535. The number of carbonyl (C=O) groups excluding carboxylic acids is 1. The summed E-state index contributed by atoms with van der Waals surface area (Å²) in [6.45, 7) is 2.50. The van der Waals surface area contributed by atoms with Crippen LogP contribution in [0.2, 0.25) is 0 Å². The van der Waals surface area contributed by atoms with E-state index in [1.54, 1.807) is 26.2 Å². The Hall–Kier alpha value is -2.66. The van der Waals surface area contributed by atoms with Gasteiger partial charge in [-0.25, -0.2) is 0 Å². The summed E-state index contributed by atoms with van der Waals surface area (Å²) in [4.78, 5) is 24.9. The van der Waals surface area contributed by atoms with Gasteiger partial charge in [0.15, 0.2) is 5.43 Å². The van der Waals surface area contributed by atoms with Gasteiger partial charge in [-0.1, -0.05) is 24.3 Å². The van der Waals surface area contributed by atoms with Crippen LogP contribution in [0, 0.1) is 0 Å². The summed E-state index contributed by atoms with van der Waals surface area (Å²) in [6.07, 6.45) is 0. The molecule has 2 aromatic carbocycles. The molecule has 0 amide bonds. The molecule has 0 saturated carbocycles. The Kier molecular flexibility index (Phi) is 4.62. The van der Waals surface area contributed by atoms with Crippen LogP contribution in [0.15, 0.2) is 47.3 Å². The van der Waals surface area contributed by atoms with Gasteiger partial charge in [0.1, 0.15) is 6.54 Å². The molecule has 0 radical (unpaired) electrons. The molecule has 1 aromatic heterocycles. The average Bonchev–Trinajstić information content (AvgIpc) is 2.59. The molecule has 0 spiro atoms. The van der Waals surface area contributed by atoms with Crippen LogP contribution in [0.1, 0.15) is 12.5 Å². The second-order valence-electron chi connectivity index (χ2n) is 5.48. The number of methoxy groups -OCH3 is 1. The Balaban J connectivity index is 2.39. The largest absolute Gasteiger partial charge is 0.465 e. The zero-order valence-electron chi connectivity index (χ0n) is 13.7. The minimum Gasteiger partial charge on any atom is -0.465 e. The van der Waals surface area contributed by atoms with E-state index in [1.807, 2.05) is 34.9 Å². The number of hydrogen-bond acceptors (Lipinski definition) is 4. The summed E-state index contributed by atoms with van der Waals surface area (Å²) < 4.78 is 12.2. The van der Waals surface area contributed by atoms with E-state index in [1.165, 1.54) is 0 Å². The summed E-state index contributed by atoms with van der Waals surface area (Å²) >= 11 is 0. The molecule has 124 valence electrons. The molecule has 3 aromatic rings. The molecular weight excluding hydrogens is 306 g/mol. The summed E-state index contributed by atoms with van der Waals surface area (Å²) in [5.41, 5.74) is 2.25. The van der Waals surface area contributed by atoms with Crippen LogP contribution in [0.4, 0.5) is 0 Å². The molecule has 5 heteroatoms. The predicted molar refractivity (Wildman–Crippen MR) is 93.1 cm³/mol. The minimum atomic E-state index is -0.333. The third kappa shape index (κ3) is 2.78. The van der Waals surface area contributed by atoms with Crippen molar-refractivity contribution in [1.82, 2.24) is 4.57 Å². The first-order valence-electron chi connectivity index (χ1n) is 7.85. The number of nitrogens with zero attached hydrogens (tertiary/aromatic N) is 1. The molecule has 0 aliphatic rings. The second-order valence-corrected chi connectivity index (χ2v) is 5.48. The number of pyridine rings is 1. The minimum absolute atomic E-state index is 0.0429. The van der Waals surface area contributed by atoms with Crippen molar-refractivity contribution in [3.63, 3.8) is 0 Å². The highest BCUT2D eigenvalue weighted by Crippen LogP contribution is 2.23. The molecule has 0 atom stereocenters. The summed E-state index contributed by atoms with van der Waals surface area (Å²) in [5, 5.41) is 1.16. The fourth-order valence-electron chi connectivity index (χ4n) is 3.03. The molecule has 0 bridgehead atoms. The van der Waals surface area contributed by atoms with Crippen molar-refractivity contribution < 1.29 is 14.3 Å². The number of aromatic nitrogens is 1. The fraction of sp³-hybridized carbons (Fsp3) is 0.263. The Morgan fingerprint density at radius 3 is 2.58 bits per heavy atom. The Bertz CT molecular complexity index is 959. The molecule has 5 nitrogen and oxygen atoms in total. The van der Waals surface area contributed by atoms with Gasteiger partial charge in [-0.2, -0.15) is 0 Å². The number of benzene rings is 2. The Labute approximate surface area is 139 Å². The fourth-order valence-corrected chi connectivity index (χ4v) is 3.03. The smallest absolute Gasteiger partial charge is 0.325 e. The lowest BCUT2D eigenvalue weighted by Gasteiger charge is -2.17. The lowest BCUT2D eigenvalue weighted by Crippen LogP contribution is -2.19. The molecule has 0 unspecified atom stereocenters. The summed E-state index contributed by atoms with van der Waals surface area (Å²) in [7, 11) is 1.60. The van der Waals surface area contributed by atoms with Crippen molar-refractivity contribution in [2.45, 2.75) is 20.1 Å². The van der Waals surface area contributed by atoms with Crippen molar-refractivity contribution in [3.05, 3.63) is 58.3 Å². The lowest BCUT2D eigenvalue weighted by atomic mass is 10.1. The number of para-hydroxylation sites is 2. The van der Waals surface area contributed by atoms with Crippen LogP contribution in [0.25, 0.3) is 21.8 Å². The Morgan fingerprint density at radius 1 is 1.08 bits per heavy atom. The zero-order chi connectivity index (χ0) is 17.1. The number of hydrogen-bond donors (Lipinski definition) is 0. The SMILES string of the molecule is CCOC(=O)Cn1c2ccccc2c(=O)c2cccc(COC)c21. The predicted octanol–water partition coefficient (Wildman–Crippen LogP) is 2.86. The van der Waals surface area contributed by atoms with Crippen LogP contribution >= 0.6 is 0 Å². The van der Waals surface area contributed by atoms with Gasteiger partial charge in [0.05, 0.1) is 24.2 Å². The molecule has 0 N–H and O–H groups in total. The van der Waals surface area contributed by atoms with Gasteiger partial charge in [0.25, 0.3) is 0 Å². The van der Waals surface area contributed by atoms with Crippen molar-refractivity contribution in [1.29, 1.82) is 0 Å². The molecular formula is C19H19NO4. The van der Waals surface area contributed by atoms with E-state index < -0.39 is 0 Å². The number of fused-ring (bicyclic) bond motifs is 2. The standard InChI is InChI=1S/C19H19NO4/c1-3-24-17(21)11-20-16-10-5-4-8-14(16)19(22)15-9-6-7-13(12-23-2)18(15)20/h4-10H,3,11-12H2,1-2H3. The first-order valence-corrected chi connectivity index (χ1v) is 7.85. The normalized spacial score (nSPS) is 11.1. The first kappa shape index (κ1) is 16.2. The number of carbonyl (C=O) groups is 1. The van der Waals surface area contributed by atoms with E-state index >= 15 is 0 Å². The summed E-state index contributed by atoms with van der Waals surface area (Å²) in [5.74, 6) is -0.333. The highest BCUT2D eigenvalue weighted by Gasteiger charge is 2.16. The summed E-state index contributed by atoms with van der Waals surface area (Å²) in [6, 6.07) is 12.8. The molecule has 0 aliphatic carbocycles. The van der Waals surface area contributed by atoms with Crippen molar-refractivity contribution in [2.75, 3.05) is 13.7 Å². The maximum atomic E-state index is 12.8. The average molecular weight is 325 g/mol. The van der Waals surface area contributed by atoms with E-state index in [0.29, 0.717) is 29.5 Å². The lowest BCUT2D eigenvalue weighted by molar-refractivity contribution is -0.143. The highest BCUT2D eigenvalue weighted by molar-refractivity contribution is 5.95. The number of ether oxygens (including phenoxy) is 2. The van der Waals surface area contributed by atoms with Crippen LogP contribution in [0.3, 0.4) is 0 Å². The molecule has 24 heavy (non-hydrogen) atoms. The van der Waals surface area contributed by atoms with E-state index in [0.717, 1.165) is 11.1 Å². The molecule has 0 aliphatic heterocycles. The van der Waals surface area contributed by atoms with Crippen LogP contribution in [-0.4, -0.2) is 24.3 Å². The van der Waals surface area contributed by atoms with Crippen molar-refractivity contribution in [2.24, 2.45) is 0 Å². The maximum Gasteiger partial charge on any atom is 0.325 e. The second kappa shape index (κ2) is 6.84. The van der Waals surface area contributed by atoms with E-state index in [9.17, 15) is 9.59 Å². The molecule has 1 heterocycles. The van der Waals surface area contributed by atoms with E-state index in [2.05, 4.69) is 0 Å². The third-order valence-corrected chi connectivity index (χ3v) is 3.97. The van der Waals surface area contributed by atoms with E-state index in [-0.39, 0.29) is 17.9 Å². The van der Waals surface area contributed by atoms with Gasteiger partial charge in [0.2, 0.25) is 0 Å². The van der Waals surface area contributed by atoms with Crippen LogP contribution < -0.4 is 5.43 Å². The third-order valence-electron chi connectivity index (χ3n) is 3.97. The van der Waals surface area contributed by atoms with Crippen molar-refractivity contribution >= 4 is 27.8 Å². The number of esters is 1. The van der Waals surface area contributed by atoms with Gasteiger partial charge in [0, 0.05) is 23.4 Å². The topological polar surface area (TPSA) is 57.5 Å². The van der Waals surface area contributed by atoms with E-state index in [4.69, 9.17) is 9.47 Å². The van der Waals surface area contributed by atoms with Gasteiger partial charge in [-0.15, -0.1) is 0 Å². The van der Waals surface area contributed by atoms with Gasteiger partial charge in [-0.05, 0) is 25.1 Å². The molecule has 0 fully saturated rings. The van der Waals surface area contributed by atoms with Crippen LogP contribution in [-0.2, 0) is 27.4 Å². The van der Waals surface area contributed by atoms with Crippen LogP contribution in [0.5, 0.6) is 0 Å². The Morgan fingerprint density at radius 2 is 1.83 bits per heavy atom. The highest BCUT2D eigenvalue weighted by atomic mass is 16.5. The molecule has 0 saturated heterocycles. The zero-order valence-corrected chi connectivity index (χ0v) is 13.7. The van der Waals surface area contributed by atoms with Gasteiger partial charge in [-0.3, -0.25) is 9.59 Å². The first-order chi connectivity index (χ1) is 11.7.